The van der Waals surface area contributed by atoms with Crippen molar-refractivity contribution in [1.82, 2.24) is 15.5 Å². The fourth-order valence-electron chi connectivity index (χ4n) is 6.85. The Morgan fingerprint density at radius 1 is 1.11 bits per heavy atom. The minimum Gasteiger partial charge on any atom is -0.387 e. The topological polar surface area (TPSA) is 172 Å². The van der Waals surface area contributed by atoms with Crippen molar-refractivity contribution in [2.24, 2.45) is 10.9 Å². The summed E-state index contributed by atoms with van der Waals surface area (Å²) in [6.07, 6.45) is 3.48. The maximum absolute atomic E-state index is 14.5. The molecule has 12 nitrogen and oxygen atoms in total. The van der Waals surface area contributed by atoms with Gasteiger partial charge in [0.2, 0.25) is 29.5 Å². The highest BCUT2D eigenvalue weighted by atomic mass is 35.5. The molecule has 5 amide bonds. The Hall–Kier alpha value is -5.60. The van der Waals surface area contributed by atoms with Crippen LogP contribution in [0.1, 0.15) is 41.7 Å². The minimum atomic E-state index is -1.11. The van der Waals surface area contributed by atoms with Gasteiger partial charge in [0.05, 0.1) is 17.3 Å². The lowest BCUT2D eigenvalue weighted by Gasteiger charge is -2.24. The summed E-state index contributed by atoms with van der Waals surface area (Å²) in [6.45, 7) is -0.0539. The Morgan fingerprint density at radius 3 is 2.68 bits per heavy atom. The van der Waals surface area contributed by atoms with Gasteiger partial charge in [-0.05, 0) is 54.3 Å². The standard InChI is InChI=1S/C38H34ClFN6O6S/c39-26-8-4-9-27(40)25(26)11-14-34(48)46-20-38(18-30(45-52-38)21-6-3-7-23(15-21)42-36(50)28-12-13-33(47)43-28)19-31(46)37(51)44-29(35(41)49)17-24-16-22-5-1-2-10-32(22)53-24/h1-11,14-16,28-29,31H,12-13,17-20H2,(H2,41,49)(H,42,50)(H,43,47)(H,44,51)/b14-11+/t28-,29-,31-,38?/m0/s1. The largest absolute Gasteiger partial charge is 0.387 e. The number of benzene rings is 3. The second-order valence-corrected chi connectivity index (χ2v) is 14.9. The van der Waals surface area contributed by atoms with Gasteiger partial charge in [-0.3, -0.25) is 24.0 Å². The van der Waals surface area contributed by atoms with Gasteiger partial charge in [0, 0.05) is 58.2 Å². The molecular formula is C38H34ClFN6O6S. The number of anilines is 1. The van der Waals surface area contributed by atoms with Crippen molar-refractivity contribution in [3.05, 3.63) is 106 Å². The highest BCUT2D eigenvalue weighted by molar-refractivity contribution is 7.19. The molecule has 1 unspecified atom stereocenters. The van der Waals surface area contributed by atoms with Crippen molar-refractivity contribution in [1.29, 1.82) is 0 Å². The Kier molecular flexibility index (Phi) is 9.99. The number of nitrogens with two attached hydrogens (primary N) is 1. The number of carbonyl (C=O) groups excluding carboxylic acids is 5. The first-order valence-corrected chi connectivity index (χ1v) is 18.1. The fraction of sp³-hybridized carbons (Fsp3) is 0.263. The maximum atomic E-state index is 14.5. The first-order valence-electron chi connectivity index (χ1n) is 16.9. The highest BCUT2D eigenvalue weighted by Gasteiger charge is 2.53. The third-order valence-corrected chi connectivity index (χ3v) is 11.0. The van der Waals surface area contributed by atoms with E-state index in [-0.39, 0.29) is 54.6 Å². The number of fused-ring (bicyclic) bond motifs is 1. The molecule has 4 aromatic rings. The van der Waals surface area contributed by atoms with Crippen LogP contribution in [0.4, 0.5) is 10.1 Å². The summed E-state index contributed by atoms with van der Waals surface area (Å²) >= 11 is 7.67. The van der Waals surface area contributed by atoms with Crippen LogP contribution in [0.5, 0.6) is 0 Å². The molecule has 0 aliphatic carbocycles. The average molecular weight is 757 g/mol. The normalized spacial score (nSPS) is 21.4. The number of halogens is 2. The third kappa shape index (κ3) is 7.78. The second kappa shape index (κ2) is 14.8. The molecule has 0 radical (unpaired) electrons. The van der Waals surface area contributed by atoms with E-state index in [0.29, 0.717) is 23.4 Å². The molecule has 15 heteroatoms. The number of oxime groups is 1. The summed E-state index contributed by atoms with van der Waals surface area (Å²) in [5.41, 5.74) is 6.33. The zero-order chi connectivity index (χ0) is 37.3. The van der Waals surface area contributed by atoms with Gasteiger partial charge < -0.3 is 31.4 Å². The Labute approximate surface area is 312 Å². The highest BCUT2D eigenvalue weighted by Crippen LogP contribution is 2.39. The van der Waals surface area contributed by atoms with Crippen LogP contribution in [-0.4, -0.2) is 70.4 Å². The van der Waals surface area contributed by atoms with Gasteiger partial charge in [-0.1, -0.05) is 53.2 Å². The predicted octanol–water partition coefficient (Wildman–Crippen LogP) is 4.30. The summed E-state index contributed by atoms with van der Waals surface area (Å²) in [4.78, 5) is 72.9. The van der Waals surface area contributed by atoms with Crippen molar-refractivity contribution in [3.8, 4) is 0 Å². The molecule has 1 spiro atoms. The third-order valence-electron chi connectivity index (χ3n) is 9.53. The van der Waals surface area contributed by atoms with E-state index in [1.807, 2.05) is 30.3 Å². The van der Waals surface area contributed by atoms with Crippen LogP contribution >= 0.6 is 22.9 Å². The van der Waals surface area contributed by atoms with E-state index in [1.54, 1.807) is 24.3 Å². The van der Waals surface area contributed by atoms with Crippen molar-refractivity contribution in [3.63, 3.8) is 0 Å². The van der Waals surface area contributed by atoms with Crippen LogP contribution in [0.3, 0.4) is 0 Å². The van der Waals surface area contributed by atoms with E-state index in [1.165, 1.54) is 40.5 Å². The lowest BCUT2D eigenvalue weighted by Crippen LogP contribution is -2.52. The fourth-order valence-corrected chi connectivity index (χ4v) is 8.19. The summed E-state index contributed by atoms with van der Waals surface area (Å²) < 4.78 is 15.6. The molecule has 272 valence electrons. The van der Waals surface area contributed by atoms with Crippen LogP contribution in [-0.2, 0) is 35.2 Å². The number of thiophene rings is 1. The molecule has 0 saturated carbocycles. The van der Waals surface area contributed by atoms with Crippen molar-refractivity contribution >= 4 is 80.0 Å². The number of hydrogen-bond donors (Lipinski definition) is 4. The zero-order valence-corrected chi connectivity index (χ0v) is 29.7. The quantitative estimate of drug-likeness (QED) is 0.176. The lowest BCUT2D eigenvalue weighted by atomic mass is 9.91. The molecule has 5 N–H and O–H groups in total. The molecule has 0 bridgehead atoms. The number of hydrogen-bond acceptors (Lipinski definition) is 8. The number of amides is 5. The number of likely N-dealkylation sites (tertiary alicyclic amines) is 1. The summed E-state index contributed by atoms with van der Waals surface area (Å²) in [5.74, 6) is -3.09. The van der Waals surface area contributed by atoms with E-state index in [4.69, 9.17) is 22.2 Å². The van der Waals surface area contributed by atoms with Gasteiger partial charge in [0.25, 0.3) is 0 Å². The number of carbonyl (C=O) groups is 5. The van der Waals surface area contributed by atoms with E-state index in [0.717, 1.165) is 21.0 Å². The molecule has 3 aliphatic rings. The number of primary amides is 1. The molecule has 7 rings (SSSR count). The van der Waals surface area contributed by atoms with Crippen LogP contribution in [0.2, 0.25) is 5.02 Å². The van der Waals surface area contributed by atoms with Crippen molar-refractivity contribution in [2.45, 2.75) is 55.8 Å². The Bertz CT molecular complexity index is 2150. The Balaban J connectivity index is 1.10. The molecule has 53 heavy (non-hydrogen) atoms. The number of nitrogens with one attached hydrogen (secondary N) is 3. The van der Waals surface area contributed by atoms with Gasteiger partial charge in [-0.2, -0.15) is 0 Å². The van der Waals surface area contributed by atoms with Gasteiger partial charge in [-0.15, -0.1) is 11.3 Å². The van der Waals surface area contributed by atoms with Crippen LogP contribution in [0, 0.1) is 5.82 Å². The zero-order valence-electron chi connectivity index (χ0n) is 28.1. The summed E-state index contributed by atoms with van der Waals surface area (Å²) in [6, 6.07) is 18.0. The average Bonchev–Trinajstić information content (AvgIpc) is 3.94. The van der Waals surface area contributed by atoms with Crippen LogP contribution < -0.4 is 21.7 Å². The lowest BCUT2D eigenvalue weighted by molar-refractivity contribution is -0.136. The van der Waals surface area contributed by atoms with Gasteiger partial charge in [0.15, 0.2) is 5.60 Å². The summed E-state index contributed by atoms with van der Waals surface area (Å²) in [7, 11) is 0. The molecule has 3 aliphatic heterocycles. The molecule has 1 aromatic heterocycles. The molecular weight excluding hydrogens is 723 g/mol. The SMILES string of the molecule is NC(=O)[C@H](Cc1cc2ccccc2s1)NC(=O)[C@@H]1CC2(CC(c3cccc(NC(=O)[C@@H]4CCC(=O)N4)c3)=NO2)CN1C(=O)/C=C/c1c(F)cccc1Cl. The van der Waals surface area contributed by atoms with E-state index in [2.05, 4.69) is 21.1 Å². The monoisotopic (exact) mass is 756 g/mol. The molecule has 4 heterocycles. The van der Waals surface area contributed by atoms with Gasteiger partial charge in [-0.25, -0.2) is 4.39 Å². The first-order chi connectivity index (χ1) is 25.5. The molecule has 3 aromatic carbocycles. The smallest absolute Gasteiger partial charge is 0.247 e. The van der Waals surface area contributed by atoms with Gasteiger partial charge >= 0.3 is 0 Å². The molecule has 2 saturated heterocycles. The van der Waals surface area contributed by atoms with E-state index in [9.17, 15) is 28.4 Å². The first kappa shape index (κ1) is 35.8. The minimum absolute atomic E-state index is 0.0135. The van der Waals surface area contributed by atoms with Crippen molar-refractivity contribution in [2.75, 3.05) is 11.9 Å². The second-order valence-electron chi connectivity index (χ2n) is 13.3. The van der Waals surface area contributed by atoms with E-state index >= 15 is 0 Å². The Morgan fingerprint density at radius 2 is 1.92 bits per heavy atom. The van der Waals surface area contributed by atoms with Crippen LogP contribution in [0.15, 0.2) is 84.0 Å². The molecule has 4 atom stereocenters. The maximum Gasteiger partial charge on any atom is 0.247 e. The number of rotatable bonds is 10. The van der Waals surface area contributed by atoms with Crippen LogP contribution in [0.25, 0.3) is 16.2 Å². The van der Waals surface area contributed by atoms with E-state index < -0.39 is 47.3 Å². The summed E-state index contributed by atoms with van der Waals surface area (Å²) in [5, 5.41) is 13.7. The van der Waals surface area contributed by atoms with Crippen molar-refractivity contribution < 1.29 is 33.2 Å². The molecule has 2 fully saturated rings. The number of nitrogens with zero attached hydrogens (tertiary/aromatic N) is 2. The van der Waals surface area contributed by atoms with Gasteiger partial charge in [0.1, 0.15) is 23.9 Å². The predicted molar refractivity (Wildman–Crippen MR) is 198 cm³/mol.